The summed E-state index contributed by atoms with van der Waals surface area (Å²) in [5, 5.41) is 0. The number of anilines is 1. The molecule has 0 bridgehead atoms. The van der Waals surface area contributed by atoms with Crippen molar-refractivity contribution >= 4 is 11.5 Å². The van der Waals surface area contributed by atoms with Gasteiger partial charge in [-0.15, -0.1) is 0 Å². The van der Waals surface area contributed by atoms with Crippen molar-refractivity contribution in [2.45, 2.75) is 6.42 Å². The number of aromatic nitrogens is 3. The Balaban J connectivity index is 1.71. The van der Waals surface area contributed by atoms with Crippen molar-refractivity contribution in [3.8, 4) is 22.8 Å². The van der Waals surface area contributed by atoms with Crippen molar-refractivity contribution in [3.05, 3.63) is 70.8 Å². The van der Waals surface area contributed by atoms with E-state index in [1.807, 2.05) is 30.3 Å². The highest BCUT2D eigenvalue weighted by molar-refractivity contribution is 5.77. The van der Waals surface area contributed by atoms with Crippen LogP contribution in [0, 0.1) is 0 Å². The van der Waals surface area contributed by atoms with Crippen molar-refractivity contribution in [2.75, 3.05) is 32.2 Å². The van der Waals surface area contributed by atoms with Gasteiger partial charge in [-0.05, 0) is 30.2 Å². The van der Waals surface area contributed by atoms with Crippen LogP contribution in [0.5, 0.6) is 11.5 Å². The highest BCUT2D eigenvalue weighted by atomic mass is 16.5. The lowest BCUT2D eigenvalue weighted by Gasteiger charge is -2.30. The number of hydrogen-bond acceptors (Lipinski definition) is 6. The molecule has 30 heavy (non-hydrogen) atoms. The molecule has 0 saturated carbocycles. The van der Waals surface area contributed by atoms with Gasteiger partial charge in [-0.25, -0.2) is 4.98 Å². The number of rotatable bonds is 5. The molecule has 3 heterocycles. The van der Waals surface area contributed by atoms with Gasteiger partial charge in [0.25, 0.3) is 5.56 Å². The van der Waals surface area contributed by atoms with E-state index >= 15 is 0 Å². The lowest BCUT2D eigenvalue weighted by atomic mass is 10.00. The van der Waals surface area contributed by atoms with Crippen LogP contribution >= 0.6 is 0 Å². The first-order valence-corrected chi connectivity index (χ1v) is 9.76. The summed E-state index contributed by atoms with van der Waals surface area (Å²) in [5.74, 6) is 2.04. The second-order valence-electron chi connectivity index (χ2n) is 7.06. The first-order valence-electron chi connectivity index (χ1n) is 9.76. The van der Waals surface area contributed by atoms with Crippen LogP contribution in [0.2, 0.25) is 0 Å². The third-order valence-corrected chi connectivity index (χ3v) is 5.27. The maximum absolute atomic E-state index is 12.6. The van der Waals surface area contributed by atoms with E-state index in [1.165, 1.54) is 0 Å². The zero-order valence-corrected chi connectivity index (χ0v) is 17.3. The summed E-state index contributed by atoms with van der Waals surface area (Å²) in [7, 11) is 5.03. The van der Waals surface area contributed by atoms with Crippen LogP contribution in [0.15, 0.2) is 59.7 Å². The largest absolute Gasteiger partial charge is 0.493 e. The molecule has 1 aliphatic heterocycles. The lowest BCUT2D eigenvalue weighted by molar-refractivity contribution is 0.354. The van der Waals surface area contributed by atoms with Gasteiger partial charge in [-0.2, -0.15) is 0 Å². The van der Waals surface area contributed by atoms with Gasteiger partial charge in [-0.1, -0.05) is 18.2 Å². The maximum atomic E-state index is 12.6. The minimum atomic E-state index is -0.0955. The van der Waals surface area contributed by atoms with Gasteiger partial charge in [0.15, 0.2) is 11.5 Å². The zero-order valence-electron chi connectivity index (χ0n) is 17.3. The quantitative estimate of drug-likeness (QED) is 0.651. The molecule has 1 aliphatic rings. The first kappa shape index (κ1) is 19.7. The Bertz CT molecular complexity index is 1140. The van der Waals surface area contributed by atoms with Gasteiger partial charge in [0.1, 0.15) is 0 Å². The second kappa shape index (κ2) is 8.41. The standard InChI is InChI=1S/C23H24N4O3/c1-26-21(28)14-19(16-9-11-24-12-10-16)25-23(26)27-13-5-6-17(15-27)18-7-4-8-20(29-2)22(18)30-3/h4,6-12,14H,5,13,15H2,1-3H3. The Hall–Kier alpha value is -3.61. The van der Waals surface area contributed by atoms with Gasteiger partial charge in [0.2, 0.25) is 5.95 Å². The molecule has 0 N–H and O–H groups in total. The molecule has 0 fully saturated rings. The molecular weight excluding hydrogens is 380 g/mol. The van der Waals surface area contributed by atoms with E-state index in [2.05, 4.69) is 16.0 Å². The van der Waals surface area contributed by atoms with E-state index < -0.39 is 0 Å². The minimum Gasteiger partial charge on any atom is -0.493 e. The highest BCUT2D eigenvalue weighted by Crippen LogP contribution is 2.37. The summed E-state index contributed by atoms with van der Waals surface area (Å²) in [6.45, 7) is 1.39. The molecule has 7 heteroatoms. The predicted molar refractivity (Wildman–Crippen MR) is 117 cm³/mol. The molecule has 0 saturated heterocycles. The van der Waals surface area contributed by atoms with Crippen LogP contribution in [0.3, 0.4) is 0 Å². The molecule has 0 amide bonds. The summed E-state index contributed by atoms with van der Waals surface area (Å²) in [4.78, 5) is 23.6. The van der Waals surface area contributed by atoms with Gasteiger partial charge < -0.3 is 14.4 Å². The van der Waals surface area contributed by atoms with Gasteiger partial charge >= 0.3 is 0 Å². The Morgan fingerprint density at radius 3 is 2.60 bits per heavy atom. The van der Waals surface area contributed by atoms with Gasteiger partial charge in [0, 0.05) is 49.7 Å². The fourth-order valence-electron chi connectivity index (χ4n) is 3.73. The zero-order chi connectivity index (χ0) is 21.1. The van der Waals surface area contributed by atoms with Crippen LogP contribution in [0.25, 0.3) is 16.8 Å². The summed E-state index contributed by atoms with van der Waals surface area (Å²) >= 11 is 0. The molecule has 3 aromatic rings. The Morgan fingerprint density at radius 1 is 1.07 bits per heavy atom. The second-order valence-corrected chi connectivity index (χ2v) is 7.06. The number of pyridine rings is 1. The average molecular weight is 404 g/mol. The van der Waals surface area contributed by atoms with Crippen LogP contribution < -0.4 is 19.9 Å². The molecule has 0 aliphatic carbocycles. The number of benzene rings is 1. The van der Waals surface area contributed by atoms with Gasteiger partial charge in [0.05, 0.1) is 19.9 Å². The molecule has 0 radical (unpaired) electrons. The maximum Gasteiger partial charge on any atom is 0.255 e. The van der Waals surface area contributed by atoms with Gasteiger partial charge in [-0.3, -0.25) is 14.3 Å². The third-order valence-electron chi connectivity index (χ3n) is 5.27. The number of para-hydroxylation sites is 1. The van der Waals surface area contributed by atoms with Crippen LogP contribution in [0.1, 0.15) is 12.0 Å². The monoisotopic (exact) mass is 404 g/mol. The predicted octanol–water partition coefficient (Wildman–Crippen LogP) is 3.15. The number of nitrogens with zero attached hydrogens (tertiary/aromatic N) is 4. The molecule has 2 aromatic heterocycles. The van der Waals surface area contributed by atoms with Crippen LogP contribution in [-0.2, 0) is 7.05 Å². The molecule has 0 unspecified atom stereocenters. The Labute approximate surface area is 175 Å². The van der Waals surface area contributed by atoms with Crippen molar-refractivity contribution in [2.24, 2.45) is 7.05 Å². The summed E-state index contributed by atoms with van der Waals surface area (Å²) in [6, 6.07) is 11.1. The fourth-order valence-corrected chi connectivity index (χ4v) is 3.73. The summed E-state index contributed by atoms with van der Waals surface area (Å²) in [6.07, 6.45) is 6.44. The molecular formula is C23H24N4O3. The van der Waals surface area contributed by atoms with Crippen molar-refractivity contribution in [3.63, 3.8) is 0 Å². The molecule has 154 valence electrons. The first-order chi connectivity index (χ1) is 14.6. The topological polar surface area (TPSA) is 69.5 Å². The molecule has 1 aromatic carbocycles. The SMILES string of the molecule is COc1cccc(C2=CCCN(c3nc(-c4ccncc4)cc(=O)n3C)C2)c1OC. The minimum absolute atomic E-state index is 0.0955. The van der Waals surface area contributed by atoms with E-state index in [0.717, 1.165) is 29.7 Å². The van der Waals surface area contributed by atoms with E-state index in [0.29, 0.717) is 29.7 Å². The lowest BCUT2D eigenvalue weighted by Crippen LogP contribution is -2.35. The highest BCUT2D eigenvalue weighted by Gasteiger charge is 2.22. The average Bonchev–Trinajstić information content (AvgIpc) is 2.80. The Morgan fingerprint density at radius 2 is 1.87 bits per heavy atom. The van der Waals surface area contributed by atoms with E-state index in [1.54, 1.807) is 44.3 Å². The molecule has 0 spiro atoms. The van der Waals surface area contributed by atoms with E-state index in [9.17, 15) is 4.79 Å². The molecule has 4 rings (SSSR count). The number of hydrogen-bond donors (Lipinski definition) is 0. The van der Waals surface area contributed by atoms with E-state index in [4.69, 9.17) is 14.5 Å². The number of ether oxygens (including phenoxy) is 2. The summed E-state index contributed by atoms with van der Waals surface area (Å²) in [5.41, 5.74) is 3.51. The van der Waals surface area contributed by atoms with Crippen LogP contribution in [0.4, 0.5) is 5.95 Å². The Kier molecular flexibility index (Phi) is 5.52. The number of methoxy groups -OCH3 is 2. The fraction of sp³-hybridized carbons (Fsp3) is 0.261. The smallest absolute Gasteiger partial charge is 0.255 e. The van der Waals surface area contributed by atoms with Crippen molar-refractivity contribution in [1.82, 2.24) is 14.5 Å². The normalized spacial score (nSPS) is 13.7. The van der Waals surface area contributed by atoms with Crippen molar-refractivity contribution < 1.29 is 9.47 Å². The summed E-state index contributed by atoms with van der Waals surface area (Å²) < 4.78 is 12.7. The van der Waals surface area contributed by atoms with E-state index in [-0.39, 0.29) is 5.56 Å². The van der Waals surface area contributed by atoms with Crippen molar-refractivity contribution in [1.29, 1.82) is 0 Å². The molecule has 7 nitrogen and oxygen atoms in total. The van der Waals surface area contributed by atoms with Crippen LogP contribution in [-0.4, -0.2) is 41.8 Å². The molecule has 0 atom stereocenters. The third kappa shape index (κ3) is 3.66.